The summed E-state index contributed by atoms with van der Waals surface area (Å²) in [6.45, 7) is 2.78. The molecule has 3 nitrogen and oxygen atoms in total. The second-order valence-corrected chi connectivity index (χ2v) is 5.49. The van der Waals surface area contributed by atoms with Crippen LogP contribution in [0.3, 0.4) is 0 Å². The van der Waals surface area contributed by atoms with Gasteiger partial charge in [0.15, 0.2) is 0 Å². The van der Waals surface area contributed by atoms with Crippen LogP contribution in [0, 0.1) is 12.8 Å². The van der Waals surface area contributed by atoms with Crippen molar-refractivity contribution in [2.24, 2.45) is 5.92 Å². The predicted molar refractivity (Wildman–Crippen MR) is 70.0 cm³/mol. The molecule has 0 amide bonds. The van der Waals surface area contributed by atoms with Crippen molar-refractivity contribution >= 4 is 21.9 Å². The number of nitrogens with one attached hydrogen (secondary N) is 1. The summed E-state index contributed by atoms with van der Waals surface area (Å²) in [6, 6.07) is 5.09. The van der Waals surface area contributed by atoms with Crippen molar-refractivity contribution < 1.29 is 9.90 Å². The lowest BCUT2D eigenvalue weighted by atomic mass is 10.1. The van der Waals surface area contributed by atoms with Crippen molar-refractivity contribution in [2.45, 2.75) is 25.8 Å². The molecular weight excluding hydrogens is 282 g/mol. The van der Waals surface area contributed by atoms with Gasteiger partial charge in [-0.05, 0) is 49.4 Å². The molecule has 1 unspecified atom stereocenters. The first kappa shape index (κ1) is 12.6. The average Bonchev–Trinajstić information content (AvgIpc) is 3.07. The minimum Gasteiger partial charge on any atom is -0.480 e. The quantitative estimate of drug-likeness (QED) is 0.879. The number of hydrogen-bond donors (Lipinski definition) is 2. The highest BCUT2D eigenvalue weighted by Crippen LogP contribution is 2.29. The third-order valence-electron chi connectivity index (χ3n) is 3.08. The van der Waals surface area contributed by atoms with Crippen LogP contribution in [-0.2, 0) is 4.79 Å². The molecule has 0 aromatic heterocycles. The highest BCUT2D eigenvalue weighted by molar-refractivity contribution is 9.10. The minimum atomic E-state index is -0.818. The Bertz CT molecular complexity index is 429. The average molecular weight is 298 g/mol. The lowest BCUT2D eigenvalue weighted by Gasteiger charge is -2.15. The van der Waals surface area contributed by atoms with Crippen LogP contribution in [0.5, 0.6) is 0 Å². The zero-order chi connectivity index (χ0) is 12.4. The topological polar surface area (TPSA) is 49.3 Å². The molecular formula is C13H16BrNO2. The molecule has 17 heavy (non-hydrogen) atoms. The van der Waals surface area contributed by atoms with Crippen molar-refractivity contribution in [3.05, 3.63) is 33.8 Å². The molecule has 1 aromatic carbocycles. The summed E-state index contributed by atoms with van der Waals surface area (Å²) in [6.07, 6.45) is 2.44. The molecule has 4 heteroatoms. The van der Waals surface area contributed by atoms with Gasteiger partial charge >= 0.3 is 5.97 Å². The summed E-state index contributed by atoms with van der Waals surface area (Å²) in [4.78, 5) is 11.3. The van der Waals surface area contributed by atoms with Gasteiger partial charge in [0, 0.05) is 4.47 Å². The van der Waals surface area contributed by atoms with Crippen LogP contribution in [0.2, 0.25) is 0 Å². The fourth-order valence-electron chi connectivity index (χ4n) is 1.74. The summed E-state index contributed by atoms with van der Waals surface area (Å²) in [5, 5.41) is 12.4. The largest absolute Gasteiger partial charge is 0.480 e. The van der Waals surface area contributed by atoms with Crippen LogP contribution < -0.4 is 5.32 Å². The Labute approximate surface area is 109 Å². The number of carboxylic acid groups (broad SMARTS) is 1. The van der Waals surface area contributed by atoms with Crippen LogP contribution >= 0.6 is 15.9 Å². The van der Waals surface area contributed by atoms with E-state index in [-0.39, 0.29) is 0 Å². The van der Waals surface area contributed by atoms with Crippen LogP contribution in [0.4, 0.5) is 0 Å². The summed E-state index contributed by atoms with van der Waals surface area (Å²) in [5.41, 5.74) is 1.91. The van der Waals surface area contributed by atoms with Crippen LogP contribution in [0.25, 0.3) is 0 Å². The molecule has 0 bridgehead atoms. The molecule has 92 valence electrons. The van der Waals surface area contributed by atoms with Crippen LogP contribution in [0.15, 0.2) is 22.7 Å². The number of aryl methyl sites for hydroxylation is 1. The number of aliphatic carboxylic acids is 1. The highest BCUT2D eigenvalue weighted by Gasteiger charge is 2.25. The van der Waals surface area contributed by atoms with Crippen molar-refractivity contribution in [3.63, 3.8) is 0 Å². The zero-order valence-electron chi connectivity index (χ0n) is 9.74. The minimum absolute atomic E-state index is 0.604. The van der Waals surface area contributed by atoms with Crippen molar-refractivity contribution in [3.8, 4) is 0 Å². The molecule has 1 aromatic rings. The van der Waals surface area contributed by atoms with E-state index < -0.39 is 12.0 Å². The van der Waals surface area contributed by atoms with Crippen molar-refractivity contribution in [2.75, 3.05) is 6.54 Å². The first-order valence-corrected chi connectivity index (χ1v) is 6.59. The fourth-order valence-corrected chi connectivity index (χ4v) is 2.14. The maximum absolute atomic E-state index is 11.3. The molecule has 1 atom stereocenters. The Kier molecular flexibility index (Phi) is 3.84. The predicted octanol–water partition coefficient (Wildman–Crippen LogP) is 2.88. The number of halogens is 1. The fraction of sp³-hybridized carbons (Fsp3) is 0.462. The van der Waals surface area contributed by atoms with Gasteiger partial charge in [-0.2, -0.15) is 0 Å². The van der Waals surface area contributed by atoms with E-state index in [9.17, 15) is 9.90 Å². The van der Waals surface area contributed by atoms with Crippen LogP contribution in [0.1, 0.15) is 30.0 Å². The third kappa shape index (κ3) is 3.30. The second-order valence-electron chi connectivity index (χ2n) is 4.63. The Hall–Kier alpha value is -0.870. The SMILES string of the molecule is Cc1ccc(C(NCC2CC2)C(=O)O)cc1Br. The number of carboxylic acids is 1. The van der Waals surface area contributed by atoms with Gasteiger partial charge in [-0.1, -0.05) is 28.1 Å². The van der Waals surface area contributed by atoms with Gasteiger partial charge < -0.3 is 10.4 Å². The van der Waals surface area contributed by atoms with E-state index in [0.717, 1.165) is 22.1 Å². The smallest absolute Gasteiger partial charge is 0.325 e. The number of rotatable bonds is 5. The van der Waals surface area contributed by atoms with Gasteiger partial charge in [-0.3, -0.25) is 4.79 Å². The molecule has 0 spiro atoms. The molecule has 0 aliphatic heterocycles. The number of benzene rings is 1. The van der Waals surface area contributed by atoms with Gasteiger partial charge in [0.05, 0.1) is 0 Å². The summed E-state index contributed by atoms with van der Waals surface area (Å²) in [5.74, 6) is -0.146. The zero-order valence-corrected chi connectivity index (χ0v) is 11.3. The first-order chi connectivity index (χ1) is 8.08. The summed E-state index contributed by atoms with van der Waals surface area (Å²) in [7, 11) is 0. The molecule has 2 rings (SSSR count). The van der Waals surface area contributed by atoms with Crippen molar-refractivity contribution in [1.29, 1.82) is 0 Å². The van der Waals surface area contributed by atoms with Gasteiger partial charge in [0.25, 0.3) is 0 Å². The van der Waals surface area contributed by atoms with Gasteiger partial charge in [-0.15, -0.1) is 0 Å². The second kappa shape index (κ2) is 5.19. The molecule has 0 heterocycles. The molecule has 1 fully saturated rings. The Morgan fingerprint density at radius 2 is 2.29 bits per heavy atom. The van der Waals surface area contributed by atoms with E-state index in [1.54, 1.807) is 0 Å². The monoisotopic (exact) mass is 297 g/mol. The number of carbonyl (C=O) groups is 1. The molecule has 1 aliphatic rings. The third-order valence-corrected chi connectivity index (χ3v) is 3.94. The maximum atomic E-state index is 11.3. The van der Waals surface area contributed by atoms with Crippen LogP contribution in [-0.4, -0.2) is 17.6 Å². The molecule has 2 N–H and O–H groups in total. The van der Waals surface area contributed by atoms with Gasteiger partial charge in [-0.25, -0.2) is 0 Å². The standard InChI is InChI=1S/C13H16BrNO2/c1-8-2-5-10(6-11(8)14)12(13(16)17)15-7-9-3-4-9/h2,5-6,9,12,15H,3-4,7H2,1H3,(H,16,17). The Morgan fingerprint density at radius 3 is 2.82 bits per heavy atom. The lowest BCUT2D eigenvalue weighted by molar-refractivity contribution is -0.139. The van der Waals surface area contributed by atoms with E-state index in [2.05, 4.69) is 21.2 Å². The van der Waals surface area contributed by atoms with Gasteiger partial charge in [0.1, 0.15) is 6.04 Å². The Morgan fingerprint density at radius 1 is 1.59 bits per heavy atom. The normalized spacial score (nSPS) is 16.8. The maximum Gasteiger partial charge on any atom is 0.325 e. The molecule has 0 radical (unpaired) electrons. The summed E-state index contributed by atoms with van der Waals surface area (Å²) < 4.78 is 0.953. The van der Waals surface area contributed by atoms with E-state index >= 15 is 0 Å². The molecule has 1 aliphatic carbocycles. The first-order valence-electron chi connectivity index (χ1n) is 5.80. The van der Waals surface area contributed by atoms with E-state index in [1.165, 1.54) is 12.8 Å². The van der Waals surface area contributed by atoms with E-state index in [0.29, 0.717) is 5.92 Å². The van der Waals surface area contributed by atoms with E-state index in [1.807, 2.05) is 25.1 Å². The lowest BCUT2D eigenvalue weighted by Crippen LogP contribution is -2.30. The Balaban J connectivity index is 2.12. The summed E-state index contributed by atoms with van der Waals surface area (Å²) >= 11 is 3.44. The van der Waals surface area contributed by atoms with Crippen molar-refractivity contribution in [1.82, 2.24) is 5.32 Å². The highest BCUT2D eigenvalue weighted by atomic mass is 79.9. The molecule has 1 saturated carbocycles. The van der Waals surface area contributed by atoms with E-state index in [4.69, 9.17) is 0 Å². The number of hydrogen-bond acceptors (Lipinski definition) is 2. The molecule has 0 saturated heterocycles. The van der Waals surface area contributed by atoms with Gasteiger partial charge in [0.2, 0.25) is 0 Å².